The highest BCUT2D eigenvalue weighted by atomic mass is 16.6. The van der Waals surface area contributed by atoms with Gasteiger partial charge in [-0.3, -0.25) is 0 Å². The van der Waals surface area contributed by atoms with E-state index in [1.54, 1.807) is 0 Å². The number of aliphatic carboxylic acids is 1. The molecule has 0 heterocycles. The zero-order chi connectivity index (χ0) is 5.86. The molecule has 0 aromatic heterocycles. The van der Waals surface area contributed by atoms with Crippen molar-refractivity contribution in [3.63, 3.8) is 0 Å². The lowest BCUT2D eigenvalue weighted by Crippen LogP contribution is -2.18. The summed E-state index contributed by atoms with van der Waals surface area (Å²) in [6.07, 6.45) is -1.13. The number of carboxylic acid groups (broad SMARTS) is 1. The third-order valence-electron chi connectivity index (χ3n) is 0.506. The summed E-state index contributed by atoms with van der Waals surface area (Å²) in [6, 6.07) is 0. The summed E-state index contributed by atoms with van der Waals surface area (Å²) in [5.74, 6) is 6.45. The first-order chi connectivity index (χ1) is 3.18. The van der Waals surface area contributed by atoms with Gasteiger partial charge >= 0.3 is 5.97 Å². The number of hydrogen-bond donors (Lipinski definition) is 1. The molecule has 0 aliphatic heterocycles. The molecule has 2 radical (unpaired) electrons. The lowest BCUT2D eigenvalue weighted by atomic mass is 10.4. The maximum Gasteiger partial charge on any atom is 0.334 e. The Morgan fingerprint density at radius 2 is 2.43 bits per heavy atom. The van der Waals surface area contributed by atoms with Crippen molar-refractivity contribution in [2.24, 2.45) is 0 Å². The molecule has 1 atom stereocenters. The number of hydrogen-bond acceptors (Lipinski definition) is 2. The minimum atomic E-state index is -1.18. The van der Waals surface area contributed by atoms with E-state index in [2.05, 4.69) is 4.84 Å². The number of carboxylic acids is 1. The molecule has 0 spiro atoms. The summed E-state index contributed by atoms with van der Waals surface area (Å²) < 4.78 is 0. The van der Waals surface area contributed by atoms with Crippen molar-refractivity contribution < 1.29 is 14.7 Å². The van der Waals surface area contributed by atoms with Gasteiger partial charge in [0, 0.05) is 5.90 Å². The Labute approximate surface area is 40.8 Å². The van der Waals surface area contributed by atoms with Crippen LogP contribution in [0.5, 0.6) is 0 Å². The zero-order valence-corrected chi connectivity index (χ0v) is 3.79. The van der Waals surface area contributed by atoms with E-state index in [-0.39, 0.29) is 0 Å². The van der Waals surface area contributed by atoms with E-state index in [1.807, 2.05) is 0 Å². The lowest BCUT2D eigenvalue weighted by molar-refractivity contribution is -0.150. The van der Waals surface area contributed by atoms with Crippen molar-refractivity contribution in [2.45, 2.75) is 13.0 Å². The van der Waals surface area contributed by atoms with E-state index in [9.17, 15) is 4.79 Å². The average Bonchev–Trinajstić information content (AvgIpc) is 1.65. The van der Waals surface area contributed by atoms with Gasteiger partial charge in [0.15, 0.2) is 6.10 Å². The molecule has 1 unspecified atom stereocenters. The second-order valence-corrected chi connectivity index (χ2v) is 1.09. The van der Waals surface area contributed by atoms with E-state index in [4.69, 9.17) is 11.0 Å². The Balaban J connectivity index is 3.34. The molecular formula is C3H5NO3. The largest absolute Gasteiger partial charge is 0.479 e. The molecule has 0 aromatic rings. The summed E-state index contributed by atoms with van der Waals surface area (Å²) in [7, 11) is 0. The topological polar surface area (TPSA) is 68.8 Å². The predicted octanol–water partition coefficient (Wildman–Crippen LogP) is -0.540. The quantitative estimate of drug-likeness (QED) is 0.477. The van der Waals surface area contributed by atoms with E-state index >= 15 is 0 Å². The monoisotopic (exact) mass is 103 g/mol. The summed E-state index contributed by atoms with van der Waals surface area (Å²) in [4.78, 5) is 13.1. The van der Waals surface area contributed by atoms with Gasteiger partial charge in [0.25, 0.3) is 0 Å². The van der Waals surface area contributed by atoms with Crippen molar-refractivity contribution in [1.29, 1.82) is 0 Å². The van der Waals surface area contributed by atoms with Crippen LogP contribution in [0.2, 0.25) is 0 Å². The van der Waals surface area contributed by atoms with Gasteiger partial charge in [-0.2, -0.15) is 0 Å². The first-order valence-electron chi connectivity index (χ1n) is 1.71. The van der Waals surface area contributed by atoms with Crippen LogP contribution in [0, 0.1) is 0 Å². The van der Waals surface area contributed by atoms with Gasteiger partial charge in [-0.15, -0.1) is 0 Å². The molecule has 4 heteroatoms. The molecule has 0 saturated heterocycles. The molecule has 40 valence electrons. The van der Waals surface area contributed by atoms with Gasteiger partial charge in [0.05, 0.1) is 0 Å². The number of carbonyl (C=O) groups is 1. The van der Waals surface area contributed by atoms with Crippen LogP contribution < -0.4 is 5.90 Å². The standard InChI is InChI=1S/C3H5NO3/c1-2(7-4)3(5)6/h2H,1H3,(H,5,6). The SMILES string of the molecule is CC(O[N])C(=O)O. The van der Waals surface area contributed by atoms with Crippen molar-refractivity contribution in [1.82, 2.24) is 5.90 Å². The summed E-state index contributed by atoms with van der Waals surface area (Å²) in [5, 5.41) is 7.90. The summed E-state index contributed by atoms with van der Waals surface area (Å²) >= 11 is 0. The fourth-order valence-corrected chi connectivity index (χ4v) is 0.0451. The number of nitrogens with zero attached hydrogens (tertiary/aromatic N) is 1. The molecule has 4 nitrogen and oxygen atoms in total. The Kier molecular flexibility index (Phi) is 2.32. The van der Waals surface area contributed by atoms with Gasteiger partial charge in [-0.25, -0.2) is 9.63 Å². The zero-order valence-electron chi connectivity index (χ0n) is 3.79. The van der Waals surface area contributed by atoms with Crippen LogP contribution in [0.4, 0.5) is 0 Å². The first-order valence-corrected chi connectivity index (χ1v) is 1.71. The summed E-state index contributed by atoms with van der Waals surface area (Å²) in [6.45, 7) is 1.22. The minimum absolute atomic E-state index is 1.13. The van der Waals surface area contributed by atoms with Gasteiger partial charge < -0.3 is 5.11 Å². The first kappa shape index (κ1) is 6.39. The third kappa shape index (κ3) is 2.13. The van der Waals surface area contributed by atoms with Crippen LogP contribution in [0.25, 0.3) is 0 Å². The van der Waals surface area contributed by atoms with E-state index in [0.29, 0.717) is 0 Å². The third-order valence-corrected chi connectivity index (χ3v) is 0.506. The molecule has 1 N–H and O–H groups in total. The molecule has 0 aliphatic rings. The van der Waals surface area contributed by atoms with E-state index in [0.717, 1.165) is 0 Å². The highest BCUT2D eigenvalue weighted by Crippen LogP contribution is 1.82. The second kappa shape index (κ2) is 2.54. The van der Waals surface area contributed by atoms with Crippen LogP contribution in [0.15, 0.2) is 0 Å². The van der Waals surface area contributed by atoms with Crippen LogP contribution in [0.3, 0.4) is 0 Å². The molecule has 0 fully saturated rings. The molecule has 0 saturated carbocycles. The predicted molar refractivity (Wildman–Crippen MR) is 20.3 cm³/mol. The van der Waals surface area contributed by atoms with Crippen molar-refractivity contribution in [3.05, 3.63) is 0 Å². The fourth-order valence-electron chi connectivity index (χ4n) is 0.0451. The fraction of sp³-hybridized carbons (Fsp3) is 0.667. The highest BCUT2D eigenvalue weighted by molar-refractivity contribution is 5.71. The molecular weight excluding hydrogens is 98.0 g/mol. The van der Waals surface area contributed by atoms with Crippen LogP contribution in [-0.2, 0) is 9.63 Å². The Bertz CT molecular complexity index is 72.6. The Morgan fingerprint density at radius 1 is 2.00 bits per heavy atom. The van der Waals surface area contributed by atoms with Crippen molar-refractivity contribution >= 4 is 5.97 Å². The molecule has 0 aliphatic carbocycles. The molecule has 0 bridgehead atoms. The van der Waals surface area contributed by atoms with Crippen LogP contribution >= 0.6 is 0 Å². The smallest absolute Gasteiger partial charge is 0.334 e. The molecule has 0 rings (SSSR count). The Morgan fingerprint density at radius 3 is 2.43 bits per heavy atom. The van der Waals surface area contributed by atoms with Crippen molar-refractivity contribution in [3.8, 4) is 0 Å². The minimum Gasteiger partial charge on any atom is -0.479 e. The van der Waals surface area contributed by atoms with Crippen LogP contribution in [0.1, 0.15) is 6.92 Å². The van der Waals surface area contributed by atoms with Crippen LogP contribution in [-0.4, -0.2) is 17.2 Å². The maximum atomic E-state index is 9.65. The van der Waals surface area contributed by atoms with E-state index in [1.165, 1.54) is 6.92 Å². The second-order valence-electron chi connectivity index (χ2n) is 1.09. The molecule has 7 heavy (non-hydrogen) atoms. The highest BCUT2D eigenvalue weighted by Gasteiger charge is 2.08. The van der Waals surface area contributed by atoms with E-state index < -0.39 is 12.1 Å². The van der Waals surface area contributed by atoms with Gasteiger partial charge in [0.1, 0.15) is 0 Å². The summed E-state index contributed by atoms with van der Waals surface area (Å²) in [5.41, 5.74) is 0. The van der Waals surface area contributed by atoms with Gasteiger partial charge in [0.2, 0.25) is 0 Å². The molecule has 0 amide bonds. The number of rotatable bonds is 2. The van der Waals surface area contributed by atoms with Gasteiger partial charge in [-0.1, -0.05) is 0 Å². The van der Waals surface area contributed by atoms with Crippen molar-refractivity contribution in [2.75, 3.05) is 0 Å². The lowest BCUT2D eigenvalue weighted by Gasteiger charge is -1.95. The molecule has 0 aromatic carbocycles. The Hall–Kier alpha value is -0.610. The maximum absolute atomic E-state index is 9.65. The van der Waals surface area contributed by atoms with Gasteiger partial charge in [-0.05, 0) is 6.92 Å². The average molecular weight is 103 g/mol. The normalized spacial score (nSPS) is 13.4.